The maximum atomic E-state index is 13.1. The van der Waals surface area contributed by atoms with Gasteiger partial charge in [-0.3, -0.25) is 19.8 Å². The molecular weight excluding hydrogens is 263 g/mol. The summed E-state index contributed by atoms with van der Waals surface area (Å²) in [6.07, 6.45) is 0.205. The van der Waals surface area contributed by atoms with E-state index in [9.17, 15) is 14.0 Å². The smallest absolute Gasteiger partial charge is 0.246 e. The van der Waals surface area contributed by atoms with Gasteiger partial charge in [0.1, 0.15) is 17.7 Å². The maximum Gasteiger partial charge on any atom is 0.246 e. The quantitative estimate of drug-likeness (QED) is 0.799. The van der Waals surface area contributed by atoms with Crippen molar-refractivity contribution in [1.29, 1.82) is 0 Å². The number of rotatable bonds is 2. The molecule has 2 amide bonds. The summed E-state index contributed by atoms with van der Waals surface area (Å²) in [6.45, 7) is 2.09. The van der Waals surface area contributed by atoms with Crippen LogP contribution in [0.2, 0.25) is 0 Å². The average Bonchev–Trinajstić information content (AvgIpc) is 2.81. The number of amides is 2. The molecule has 2 aliphatic heterocycles. The molecule has 106 valence electrons. The highest BCUT2D eigenvalue weighted by Crippen LogP contribution is 2.29. The predicted molar refractivity (Wildman–Crippen MR) is 68.7 cm³/mol. The minimum atomic E-state index is -0.367. The zero-order chi connectivity index (χ0) is 14.3. The molecule has 2 heterocycles. The van der Waals surface area contributed by atoms with E-state index in [4.69, 9.17) is 4.74 Å². The molecule has 0 spiro atoms. The molecule has 1 N–H and O–H groups in total. The predicted octanol–water partition coefficient (Wildman–Crippen LogP) is 0.476. The highest BCUT2D eigenvalue weighted by molar-refractivity contribution is 6.01. The first kappa shape index (κ1) is 13.1. The van der Waals surface area contributed by atoms with Crippen LogP contribution in [0.5, 0.6) is 5.75 Å². The van der Waals surface area contributed by atoms with E-state index in [0.717, 1.165) is 5.56 Å². The largest absolute Gasteiger partial charge is 0.488 e. The number of halogens is 1. The molecule has 3 rings (SSSR count). The third kappa shape index (κ3) is 2.27. The van der Waals surface area contributed by atoms with Crippen LogP contribution in [0.25, 0.3) is 0 Å². The maximum absolute atomic E-state index is 13.1. The van der Waals surface area contributed by atoms with Crippen LogP contribution in [0.1, 0.15) is 12.5 Å². The SMILES string of the molecule is CC1NCC(=O)N(CC2Cc3cc(F)ccc3O2)C1=O. The Labute approximate surface area is 115 Å². The normalized spacial score (nSPS) is 25.6. The van der Waals surface area contributed by atoms with Gasteiger partial charge < -0.3 is 4.74 Å². The second-order valence-electron chi connectivity index (χ2n) is 5.14. The molecule has 0 radical (unpaired) electrons. The number of benzene rings is 1. The van der Waals surface area contributed by atoms with Crippen LogP contribution in [0.3, 0.4) is 0 Å². The van der Waals surface area contributed by atoms with Gasteiger partial charge in [-0.2, -0.15) is 0 Å². The van der Waals surface area contributed by atoms with Gasteiger partial charge >= 0.3 is 0 Å². The van der Waals surface area contributed by atoms with Crippen molar-refractivity contribution < 1.29 is 18.7 Å². The lowest BCUT2D eigenvalue weighted by Gasteiger charge is -2.31. The van der Waals surface area contributed by atoms with Gasteiger partial charge in [-0.25, -0.2) is 4.39 Å². The van der Waals surface area contributed by atoms with Gasteiger partial charge in [0.15, 0.2) is 0 Å². The molecule has 0 aromatic heterocycles. The number of nitrogens with one attached hydrogen (secondary N) is 1. The number of carbonyl (C=O) groups is 2. The van der Waals surface area contributed by atoms with Gasteiger partial charge in [-0.15, -0.1) is 0 Å². The molecule has 6 heteroatoms. The van der Waals surface area contributed by atoms with Crippen molar-refractivity contribution >= 4 is 11.8 Å². The fourth-order valence-electron chi connectivity index (χ4n) is 2.57. The van der Waals surface area contributed by atoms with Crippen molar-refractivity contribution in [2.75, 3.05) is 13.1 Å². The first-order valence-corrected chi connectivity index (χ1v) is 6.57. The van der Waals surface area contributed by atoms with E-state index in [1.165, 1.54) is 17.0 Å². The summed E-state index contributed by atoms with van der Waals surface area (Å²) in [5.74, 6) is -0.179. The van der Waals surface area contributed by atoms with Crippen LogP contribution in [-0.4, -0.2) is 41.9 Å². The molecular formula is C14H15FN2O3. The number of hydrogen-bond donors (Lipinski definition) is 1. The van der Waals surface area contributed by atoms with E-state index in [2.05, 4.69) is 5.32 Å². The third-order valence-electron chi connectivity index (χ3n) is 3.65. The van der Waals surface area contributed by atoms with Crippen molar-refractivity contribution in [3.05, 3.63) is 29.6 Å². The summed E-state index contributed by atoms with van der Waals surface area (Å²) in [5.41, 5.74) is 0.776. The lowest BCUT2D eigenvalue weighted by atomic mass is 10.1. The highest BCUT2D eigenvalue weighted by atomic mass is 19.1. The summed E-state index contributed by atoms with van der Waals surface area (Å²) in [4.78, 5) is 25.0. The molecule has 1 fully saturated rings. The van der Waals surface area contributed by atoms with E-state index in [-0.39, 0.29) is 42.9 Å². The fraction of sp³-hybridized carbons (Fsp3) is 0.429. The summed E-state index contributed by atoms with van der Waals surface area (Å²) in [5, 5.41) is 2.83. The van der Waals surface area contributed by atoms with Gasteiger partial charge in [-0.1, -0.05) is 0 Å². The second-order valence-corrected chi connectivity index (χ2v) is 5.14. The number of carbonyl (C=O) groups excluding carboxylic acids is 2. The minimum Gasteiger partial charge on any atom is -0.488 e. The number of nitrogens with zero attached hydrogens (tertiary/aromatic N) is 1. The Morgan fingerprint density at radius 3 is 3.05 bits per heavy atom. The van der Waals surface area contributed by atoms with Gasteiger partial charge in [-0.05, 0) is 25.1 Å². The molecule has 20 heavy (non-hydrogen) atoms. The molecule has 5 nitrogen and oxygen atoms in total. The van der Waals surface area contributed by atoms with E-state index in [0.29, 0.717) is 12.2 Å². The van der Waals surface area contributed by atoms with Gasteiger partial charge in [0.2, 0.25) is 11.8 Å². The van der Waals surface area contributed by atoms with Crippen molar-refractivity contribution in [3.8, 4) is 5.75 Å². The molecule has 1 saturated heterocycles. The second kappa shape index (κ2) is 4.86. The zero-order valence-corrected chi connectivity index (χ0v) is 11.1. The number of hydrogen-bond acceptors (Lipinski definition) is 4. The van der Waals surface area contributed by atoms with Crippen molar-refractivity contribution in [2.45, 2.75) is 25.5 Å². The van der Waals surface area contributed by atoms with Crippen LogP contribution in [0, 0.1) is 5.82 Å². The summed E-state index contributed by atoms with van der Waals surface area (Å²) in [7, 11) is 0. The Kier molecular flexibility index (Phi) is 3.17. The Balaban J connectivity index is 1.71. The van der Waals surface area contributed by atoms with Crippen molar-refractivity contribution in [3.63, 3.8) is 0 Å². The Morgan fingerprint density at radius 2 is 2.25 bits per heavy atom. The summed E-state index contributed by atoms with van der Waals surface area (Å²) in [6, 6.07) is 3.98. The Hall–Kier alpha value is -1.95. The first-order valence-electron chi connectivity index (χ1n) is 6.57. The lowest BCUT2D eigenvalue weighted by molar-refractivity contribution is -0.150. The molecule has 2 unspecified atom stereocenters. The molecule has 0 saturated carbocycles. The highest BCUT2D eigenvalue weighted by Gasteiger charge is 2.35. The topological polar surface area (TPSA) is 58.6 Å². The Bertz CT molecular complexity index is 576. The molecule has 1 aromatic rings. The number of fused-ring (bicyclic) bond motifs is 1. The van der Waals surface area contributed by atoms with Crippen LogP contribution < -0.4 is 10.1 Å². The van der Waals surface area contributed by atoms with E-state index >= 15 is 0 Å². The van der Waals surface area contributed by atoms with Crippen LogP contribution in [0.15, 0.2) is 18.2 Å². The molecule has 2 atom stereocenters. The van der Waals surface area contributed by atoms with Crippen molar-refractivity contribution in [1.82, 2.24) is 10.2 Å². The monoisotopic (exact) mass is 278 g/mol. The van der Waals surface area contributed by atoms with Gasteiger partial charge in [0.25, 0.3) is 0 Å². The van der Waals surface area contributed by atoms with Crippen LogP contribution in [0.4, 0.5) is 4.39 Å². The third-order valence-corrected chi connectivity index (χ3v) is 3.65. The average molecular weight is 278 g/mol. The molecule has 0 bridgehead atoms. The van der Waals surface area contributed by atoms with Crippen LogP contribution in [-0.2, 0) is 16.0 Å². The van der Waals surface area contributed by atoms with Crippen LogP contribution >= 0.6 is 0 Å². The van der Waals surface area contributed by atoms with E-state index < -0.39 is 0 Å². The zero-order valence-electron chi connectivity index (χ0n) is 11.1. The molecule has 0 aliphatic carbocycles. The molecule has 2 aliphatic rings. The molecule has 1 aromatic carbocycles. The fourth-order valence-corrected chi connectivity index (χ4v) is 2.57. The number of ether oxygens (including phenoxy) is 1. The standard InChI is InChI=1S/C14H15FN2O3/c1-8-14(19)17(13(18)6-16-8)7-11-5-9-4-10(15)2-3-12(9)20-11/h2-4,8,11,16H,5-7H2,1H3. The van der Waals surface area contributed by atoms with E-state index in [1.807, 2.05) is 0 Å². The Morgan fingerprint density at radius 1 is 1.45 bits per heavy atom. The number of piperazine rings is 1. The minimum absolute atomic E-state index is 0.154. The van der Waals surface area contributed by atoms with Gasteiger partial charge in [0.05, 0.1) is 19.1 Å². The summed E-state index contributed by atoms with van der Waals surface area (Å²) >= 11 is 0. The van der Waals surface area contributed by atoms with E-state index in [1.54, 1.807) is 13.0 Å². The summed E-state index contributed by atoms with van der Waals surface area (Å²) < 4.78 is 18.8. The van der Waals surface area contributed by atoms with Crippen molar-refractivity contribution in [2.24, 2.45) is 0 Å². The first-order chi connectivity index (χ1) is 9.54. The number of imide groups is 1. The van der Waals surface area contributed by atoms with Gasteiger partial charge in [0, 0.05) is 12.0 Å². The lowest BCUT2D eigenvalue weighted by Crippen LogP contribution is -2.58.